The molecule has 0 spiro atoms. The Kier molecular flexibility index (Phi) is 10.6. The van der Waals surface area contributed by atoms with Gasteiger partial charge in [0.15, 0.2) is 0 Å². The Hall–Kier alpha value is -0.390. The van der Waals surface area contributed by atoms with Gasteiger partial charge in [0, 0.05) is 34.9 Å². The van der Waals surface area contributed by atoms with Crippen LogP contribution in [0.1, 0.15) is 76.0 Å². The first-order valence-electron chi connectivity index (χ1n) is 9.98. The summed E-state index contributed by atoms with van der Waals surface area (Å²) in [5.74, 6) is 0. The number of hydrogen-bond acceptors (Lipinski definition) is 2. The van der Waals surface area contributed by atoms with Gasteiger partial charge in [0.25, 0.3) is 10.1 Å². The van der Waals surface area contributed by atoms with E-state index in [-0.39, 0.29) is 34.5 Å². The summed E-state index contributed by atoms with van der Waals surface area (Å²) in [5.41, 5.74) is 3.31. The Morgan fingerprint density at radius 2 is 1.19 bits per heavy atom. The molecular weight excluding hydrogens is 367 g/mol. The van der Waals surface area contributed by atoms with Crippen LogP contribution in [0.3, 0.4) is 0 Å². The fourth-order valence-corrected chi connectivity index (χ4v) is 4.79. The molecule has 0 aromatic heterocycles. The Balaban J connectivity index is 0.00000364. The number of fused-ring (bicyclic) bond motifs is 1. The van der Waals surface area contributed by atoms with E-state index in [1.54, 1.807) is 0 Å². The molecule has 5 heteroatoms. The van der Waals surface area contributed by atoms with Crippen molar-refractivity contribution in [2.24, 2.45) is 0 Å². The first-order valence-corrected chi connectivity index (χ1v) is 11.4. The van der Waals surface area contributed by atoms with E-state index in [9.17, 15) is 13.0 Å². The predicted octanol–water partition coefficient (Wildman–Crippen LogP) is 5.73. The minimum Gasteiger partial charge on any atom is -0.282 e. The van der Waals surface area contributed by atoms with Crippen molar-refractivity contribution < 1.29 is 13.0 Å². The zero-order valence-electron chi connectivity index (χ0n) is 17.3. The van der Waals surface area contributed by atoms with Crippen LogP contribution in [-0.2, 0) is 29.4 Å². The van der Waals surface area contributed by atoms with Crippen LogP contribution >= 0.6 is 0 Å². The molecular formula is C22H32NaO3S. The molecule has 0 aliphatic rings. The van der Waals surface area contributed by atoms with Crippen LogP contribution < -0.4 is 0 Å². The molecule has 27 heavy (non-hydrogen) atoms. The second kappa shape index (κ2) is 11.6. The summed E-state index contributed by atoms with van der Waals surface area (Å²) in [6.45, 7) is 6.44. The van der Waals surface area contributed by atoms with E-state index >= 15 is 0 Å². The van der Waals surface area contributed by atoms with Crippen LogP contribution in [0.2, 0.25) is 0 Å². The van der Waals surface area contributed by atoms with Crippen molar-refractivity contribution in [3.63, 3.8) is 0 Å². The van der Waals surface area contributed by atoms with Crippen LogP contribution in [-0.4, -0.2) is 42.5 Å². The van der Waals surface area contributed by atoms with E-state index in [0.29, 0.717) is 11.8 Å². The fourth-order valence-electron chi connectivity index (χ4n) is 3.80. The molecule has 1 radical (unpaired) electrons. The molecule has 0 bridgehead atoms. The number of unbranched alkanes of at least 4 members (excludes halogenated alkanes) is 3. The molecule has 2 aromatic rings. The van der Waals surface area contributed by atoms with Crippen molar-refractivity contribution in [3.05, 3.63) is 41.0 Å². The van der Waals surface area contributed by atoms with Crippen LogP contribution in [0.4, 0.5) is 0 Å². The van der Waals surface area contributed by atoms with Gasteiger partial charge in [-0.2, -0.15) is 8.42 Å². The third-order valence-corrected chi connectivity index (χ3v) is 6.08. The van der Waals surface area contributed by atoms with Crippen molar-refractivity contribution >= 4 is 50.4 Å². The molecule has 0 amide bonds. The van der Waals surface area contributed by atoms with Gasteiger partial charge in [-0.3, -0.25) is 4.55 Å². The zero-order valence-corrected chi connectivity index (χ0v) is 20.2. The van der Waals surface area contributed by atoms with Crippen molar-refractivity contribution in [1.82, 2.24) is 0 Å². The largest absolute Gasteiger partial charge is 0.295 e. The monoisotopic (exact) mass is 399 g/mol. The third-order valence-electron chi connectivity index (χ3n) is 5.10. The topological polar surface area (TPSA) is 54.4 Å². The van der Waals surface area contributed by atoms with E-state index in [1.165, 1.54) is 11.1 Å². The molecule has 145 valence electrons. The van der Waals surface area contributed by atoms with Gasteiger partial charge in [-0.1, -0.05) is 64.3 Å². The van der Waals surface area contributed by atoms with Crippen LogP contribution in [0, 0.1) is 0 Å². The van der Waals surface area contributed by atoms with Gasteiger partial charge in [-0.15, -0.1) is 0 Å². The van der Waals surface area contributed by atoms with Gasteiger partial charge in [0.2, 0.25) is 0 Å². The average Bonchev–Trinajstić information content (AvgIpc) is 2.61. The molecule has 1 N–H and O–H groups in total. The summed E-state index contributed by atoms with van der Waals surface area (Å²) < 4.78 is 34.7. The SMILES string of the molecule is CCCCc1c(CCCC)c(S(=O)(=O)O)c2ccccc2c1CCCC.[Na]. The van der Waals surface area contributed by atoms with Crippen molar-refractivity contribution in [2.75, 3.05) is 0 Å². The van der Waals surface area contributed by atoms with Crippen LogP contribution in [0.5, 0.6) is 0 Å². The van der Waals surface area contributed by atoms with Crippen molar-refractivity contribution in [2.45, 2.75) is 83.5 Å². The van der Waals surface area contributed by atoms with Gasteiger partial charge < -0.3 is 0 Å². The maximum Gasteiger partial charge on any atom is 0.295 e. The number of rotatable bonds is 10. The second-order valence-electron chi connectivity index (χ2n) is 7.10. The standard InChI is InChI=1S/C22H32O3S.Na/c1-4-7-12-17-18(13-8-5-2)20(14-9-6-3)22(26(23,24)25)21-16-11-10-15-19(17)21;/h10-11,15-16H,4-9,12-14H2,1-3H3,(H,23,24,25);. The van der Waals surface area contributed by atoms with E-state index in [4.69, 9.17) is 0 Å². The Morgan fingerprint density at radius 3 is 1.67 bits per heavy atom. The molecule has 3 nitrogen and oxygen atoms in total. The van der Waals surface area contributed by atoms with Crippen LogP contribution in [0.25, 0.3) is 10.8 Å². The van der Waals surface area contributed by atoms with Gasteiger partial charge in [-0.05, 0) is 60.6 Å². The number of benzene rings is 2. The molecule has 0 aliphatic heterocycles. The summed E-state index contributed by atoms with van der Waals surface area (Å²) in [7, 11) is -4.28. The van der Waals surface area contributed by atoms with Gasteiger partial charge in [0.1, 0.15) is 4.90 Å². The maximum absolute atomic E-state index is 12.3. The summed E-state index contributed by atoms with van der Waals surface area (Å²) in [6.07, 6.45) is 8.74. The summed E-state index contributed by atoms with van der Waals surface area (Å²) in [5, 5.41) is 1.66. The zero-order chi connectivity index (χ0) is 19.2. The first kappa shape index (κ1) is 24.6. The summed E-state index contributed by atoms with van der Waals surface area (Å²) >= 11 is 0. The normalized spacial score (nSPS) is 11.6. The van der Waals surface area contributed by atoms with Crippen LogP contribution in [0.15, 0.2) is 29.2 Å². The smallest absolute Gasteiger partial charge is 0.282 e. The quantitative estimate of drug-likeness (QED) is 0.410. The molecule has 2 rings (SSSR count). The Morgan fingerprint density at radius 1 is 0.741 bits per heavy atom. The van der Waals surface area contributed by atoms with Gasteiger partial charge in [-0.25, -0.2) is 0 Å². The minimum absolute atomic E-state index is 0. The number of hydrogen-bond donors (Lipinski definition) is 1. The Labute approximate surface area is 187 Å². The molecule has 0 unspecified atom stereocenters. The van der Waals surface area contributed by atoms with Gasteiger partial charge in [0.05, 0.1) is 0 Å². The molecule has 0 saturated carbocycles. The van der Waals surface area contributed by atoms with E-state index in [1.807, 2.05) is 24.3 Å². The summed E-state index contributed by atoms with van der Waals surface area (Å²) in [4.78, 5) is 0.146. The minimum atomic E-state index is -4.28. The van der Waals surface area contributed by atoms with Gasteiger partial charge >= 0.3 is 0 Å². The fraction of sp³-hybridized carbons (Fsp3) is 0.545. The molecule has 0 fully saturated rings. The van der Waals surface area contributed by atoms with E-state index in [2.05, 4.69) is 20.8 Å². The summed E-state index contributed by atoms with van der Waals surface area (Å²) in [6, 6.07) is 7.66. The molecule has 0 atom stereocenters. The van der Waals surface area contributed by atoms with Crippen molar-refractivity contribution in [1.29, 1.82) is 0 Å². The maximum atomic E-state index is 12.3. The second-order valence-corrected chi connectivity index (χ2v) is 8.45. The molecule has 0 aliphatic carbocycles. The van der Waals surface area contributed by atoms with E-state index < -0.39 is 10.1 Å². The predicted molar refractivity (Wildman–Crippen MR) is 115 cm³/mol. The Bertz CT molecular complexity index is 844. The molecule has 0 heterocycles. The number of aryl methyl sites for hydroxylation is 1. The molecule has 0 saturated heterocycles. The van der Waals surface area contributed by atoms with Crippen molar-refractivity contribution in [3.8, 4) is 0 Å². The third kappa shape index (κ3) is 6.04. The van der Waals surface area contributed by atoms with E-state index in [0.717, 1.165) is 62.3 Å². The first-order chi connectivity index (χ1) is 12.5. The molecule has 2 aromatic carbocycles. The average molecular weight is 400 g/mol.